The number of furan rings is 1. The van der Waals surface area contributed by atoms with E-state index >= 15 is 0 Å². The molecule has 1 heterocycles. The molecule has 0 atom stereocenters. The number of ether oxygens (including phenoxy) is 1. The second-order valence-electron chi connectivity index (χ2n) is 5.72. The Bertz CT molecular complexity index is 1080. The molecule has 7 heteroatoms. The molecule has 2 aromatic carbocycles. The number of carbonyl (C=O) groups excluding carboxylic acids is 1. The Morgan fingerprint density at radius 3 is 2.57 bits per heavy atom. The Labute approximate surface area is 171 Å². The van der Waals surface area contributed by atoms with Crippen molar-refractivity contribution in [3.63, 3.8) is 0 Å². The van der Waals surface area contributed by atoms with Crippen LogP contribution in [0.4, 0.5) is 5.69 Å². The van der Waals surface area contributed by atoms with Crippen LogP contribution in [-0.4, -0.2) is 13.0 Å². The third kappa shape index (κ3) is 4.74. The molecule has 3 aromatic rings. The minimum atomic E-state index is -0.556. The topological polar surface area (TPSA) is 75.3 Å². The van der Waals surface area contributed by atoms with Gasteiger partial charge < -0.3 is 14.5 Å². The lowest BCUT2D eigenvalue weighted by atomic mass is 10.2. The molecule has 140 valence electrons. The molecule has 5 nitrogen and oxygen atoms in total. The van der Waals surface area contributed by atoms with Crippen molar-refractivity contribution in [3.05, 3.63) is 76.0 Å². The molecular weight excluding hydrogens is 399 g/mol. The highest BCUT2D eigenvalue weighted by Crippen LogP contribution is 2.29. The fourth-order valence-electron chi connectivity index (χ4n) is 2.47. The zero-order valence-electron chi connectivity index (χ0n) is 14.7. The van der Waals surface area contributed by atoms with E-state index in [0.717, 1.165) is 0 Å². The normalized spacial score (nSPS) is 11.0. The van der Waals surface area contributed by atoms with Crippen LogP contribution in [0.2, 0.25) is 10.0 Å². The Balaban J connectivity index is 1.81. The molecule has 1 aromatic heterocycles. The van der Waals surface area contributed by atoms with Gasteiger partial charge in [-0.25, -0.2) is 0 Å². The molecular formula is C21H14Cl2N2O3. The Morgan fingerprint density at radius 1 is 1.14 bits per heavy atom. The Kier molecular flexibility index (Phi) is 6.05. The van der Waals surface area contributed by atoms with Gasteiger partial charge in [-0.1, -0.05) is 29.3 Å². The number of halogens is 2. The summed E-state index contributed by atoms with van der Waals surface area (Å²) >= 11 is 12.0. The van der Waals surface area contributed by atoms with E-state index in [4.69, 9.17) is 32.4 Å². The maximum absolute atomic E-state index is 12.4. The van der Waals surface area contributed by atoms with Gasteiger partial charge in [-0.05, 0) is 42.5 Å². The van der Waals surface area contributed by atoms with Gasteiger partial charge in [-0.2, -0.15) is 5.26 Å². The maximum atomic E-state index is 12.4. The van der Waals surface area contributed by atoms with Crippen molar-refractivity contribution in [1.82, 2.24) is 0 Å². The molecule has 0 radical (unpaired) electrons. The first-order valence-electron chi connectivity index (χ1n) is 8.12. The second-order valence-corrected chi connectivity index (χ2v) is 6.59. The number of anilines is 1. The van der Waals surface area contributed by atoms with Crippen molar-refractivity contribution < 1.29 is 13.9 Å². The van der Waals surface area contributed by atoms with Crippen molar-refractivity contribution in [1.29, 1.82) is 5.26 Å². The second kappa shape index (κ2) is 8.66. The van der Waals surface area contributed by atoms with E-state index < -0.39 is 5.91 Å². The minimum absolute atomic E-state index is 0.104. The zero-order chi connectivity index (χ0) is 20.1. The third-order valence-electron chi connectivity index (χ3n) is 3.75. The van der Waals surface area contributed by atoms with Gasteiger partial charge in [0, 0.05) is 33.4 Å². The predicted octanol–water partition coefficient (Wildman–Crippen LogP) is 5.81. The van der Waals surface area contributed by atoms with Gasteiger partial charge in [-0.15, -0.1) is 0 Å². The van der Waals surface area contributed by atoms with E-state index in [1.807, 2.05) is 6.07 Å². The van der Waals surface area contributed by atoms with Crippen molar-refractivity contribution in [2.45, 2.75) is 0 Å². The number of benzene rings is 2. The van der Waals surface area contributed by atoms with Crippen LogP contribution in [-0.2, 0) is 4.79 Å². The van der Waals surface area contributed by atoms with Crippen LogP contribution < -0.4 is 10.1 Å². The van der Waals surface area contributed by atoms with Gasteiger partial charge >= 0.3 is 0 Å². The van der Waals surface area contributed by atoms with Gasteiger partial charge in [0.15, 0.2) is 0 Å². The zero-order valence-corrected chi connectivity index (χ0v) is 16.2. The summed E-state index contributed by atoms with van der Waals surface area (Å²) in [6.07, 6.45) is 1.37. The number of nitriles is 1. The molecule has 0 saturated heterocycles. The van der Waals surface area contributed by atoms with E-state index in [0.29, 0.717) is 38.6 Å². The van der Waals surface area contributed by atoms with Gasteiger partial charge in [0.05, 0.1) is 7.11 Å². The van der Waals surface area contributed by atoms with Crippen LogP contribution in [0, 0.1) is 11.3 Å². The molecule has 0 spiro atoms. The first-order chi connectivity index (χ1) is 13.5. The lowest BCUT2D eigenvalue weighted by Gasteiger charge is -2.06. The fraction of sp³-hybridized carbons (Fsp3) is 0.0476. The number of hydrogen-bond acceptors (Lipinski definition) is 4. The van der Waals surface area contributed by atoms with Crippen LogP contribution in [0.15, 0.2) is 64.6 Å². The maximum Gasteiger partial charge on any atom is 0.266 e. The molecule has 0 aliphatic rings. The summed E-state index contributed by atoms with van der Waals surface area (Å²) in [5.74, 6) is 0.903. The summed E-state index contributed by atoms with van der Waals surface area (Å²) in [5.41, 5.74) is 1.10. The third-order valence-corrected chi connectivity index (χ3v) is 4.19. The minimum Gasteiger partial charge on any atom is -0.497 e. The molecule has 0 saturated carbocycles. The van der Waals surface area contributed by atoms with E-state index in [2.05, 4.69) is 5.32 Å². The van der Waals surface area contributed by atoms with Crippen LogP contribution in [0.25, 0.3) is 17.4 Å². The van der Waals surface area contributed by atoms with Gasteiger partial charge in [-0.3, -0.25) is 4.79 Å². The van der Waals surface area contributed by atoms with Crippen molar-refractivity contribution in [3.8, 4) is 23.1 Å². The molecule has 0 aliphatic carbocycles. The molecule has 0 aliphatic heterocycles. The largest absolute Gasteiger partial charge is 0.497 e. The number of amides is 1. The average Bonchev–Trinajstić information content (AvgIpc) is 3.14. The van der Waals surface area contributed by atoms with Crippen molar-refractivity contribution in [2.24, 2.45) is 0 Å². The molecule has 0 bridgehead atoms. The highest BCUT2D eigenvalue weighted by molar-refractivity contribution is 6.35. The number of nitrogens with zero attached hydrogens (tertiary/aromatic N) is 1. The standard InChI is InChI=1S/C21H14Cl2N2O3/c1-27-18-4-2-3-17(11-18)25-21(26)14(12-24)9-19-5-6-20(28-19)13-7-15(22)10-16(23)8-13/h2-11H,1H3,(H,25,26)/b14-9+. The molecule has 0 unspecified atom stereocenters. The van der Waals surface area contributed by atoms with Crippen LogP contribution in [0.1, 0.15) is 5.76 Å². The highest BCUT2D eigenvalue weighted by atomic mass is 35.5. The monoisotopic (exact) mass is 412 g/mol. The molecule has 0 fully saturated rings. The summed E-state index contributed by atoms with van der Waals surface area (Å²) < 4.78 is 10.8. The molecule has 3 rings (SSSR count). The summed E-state index contributed by atoms with van der Waals surface area (Å²) in [6, 6.07) is 17.1. The van der Waals surface area contributed by atoms with E-state index in [1.165, 1.54) is 13.2 Å². The van der Waals surface area contributed by atoms with Crippen molar-refractivity contribution >= 4 is 40.9 Å². The van der Waals surface area contributed by atoms with Gasteiger partial charge in [0.1, 0.15) is 28.9 Å². The summed E-state index contributed by atoms with van der Waals surface area (Å²) in [4.78, 5) is 12.4. The lowest BCUT2D eigenvalue weighted by molar-refractivity contribution is -0.112. The number of methoxy groups -OCH3 is 1. The predicted molar refractivity (Wildman–Crippen MR) is 109 cm³/mol. The molecule has 28 heavy (non-hydrogen) atoms. The van der Waals surface area contributed by atoms with Crippen molar-refractivity contribution in [2.75, 3.05) is 12.4 Å². The van der Waals surface area contributed by atoms with Crippen LogP contribution in [0.3, 0.4) is 0 Å². The van der Waals surface area contributed by atoms with Crippen LogP contribution in [0.5, 0.6) is 5.75 Å². The first kappa shape index (κ1) is 19.6. The number of rotatable bonds is 5. The summed E-state index contributed by atoms with van der Waals surface area (Å²) in [5, 5.41) is 13.0. The number of hydrogen-bond donors (Lipinski definition) is 1. The number of carbonyl (C=O) groups is 1. The molecule has 1 amide bonds. The Morgan fingerprint density at radius 2 is 1.89 bits per heavy atom. The first-order valence-corrected chi connectivity index (χ1v) is 8.87. The van der Waals surface area contributed by atoms with E-state index in [1.54, 1.807) is 54.6 Å². The van der Waals surface area contributed by atoms with E-state index in [-0.39, 0.29) is 5.57 Å². The highest BCUT2D eigenvalue weighted by Gasteiger charge is 2.12. The summed E-state index contributed by atoms with van der Waals surface area (Å²) in [6.45, 7) is 0. The lowest BCUT2D eigenvalue weighted by Crippen LogP contribution is -2.13. The van der Waals surface area contributed by atoms with Gasteiger partial charge in [0.25, 0.3) is 5.91 Å². The number of nitrogens with one attached hydrogen (secondary N) is 1. The van der Waals surface area contributed by atoms with E-state index in [9.17, 15) is 10.1 Å². The summed E-state index contributed by atoms with van der Waals surface area (Å²) in [7, 11) is 1.53. The smallest absolute Gasteiger partial charge is 0.266 e. The Hall–Kier alpha value is -3.20. The average molecular weight is 413 g/mol. The SMILES string of the molecule is COc1cccc(NC(=O)/C(C#N)=C/c2ccc(-c3cc(Cl)cc(Cl)c3)o2)c1. The fourth-order valence-corrected chi connectivity index (χ4v) is 3.00. The molecule has 1 N–H and O–H groups in total. The van der Waals surface area contributed by atoms with Gasteiger partial charge in [0.2, 0.25) is 0 Å². The van der Waals surface area contributed by atoms with Crippen LogP contribution >= 0.6 is 23.2 Å². The quantitative estimate of drug-likeness (QED) is 0.423.